The highest BCUT2D eigenvalue weighted by Crippen LogP contribution is 2.21. The molecule has 0 aromatic rings. The zero-order chi connectivity index (χ0) is 26.9. The third kappa shape index (κ3) is 32.1. The molecule has 1 unspecified atom stereocenters. The molecule has 0 nitrogen and oxygen atoms in total. The van der Waals surface area contributed by atoms with Gasteiger partial charge in [-0.1, -0.05) is 233 Å². The molecule has 0 saturated carbocycles. The molecule has 0 N–H and O–H groups in total. The normalized spacial score (nSPS) is 12.4. The lowest BCUT2D eigenvalue weighted by Crippen LogP contribution is -1.99. The lowest BCUT2D eigenvalue weighted by Gasteiger charge is -2.14. The van der Waals surface area contributed by atoms with Crippen LogP contribution in [0.4, 0.5) is 0 Å². The van der Waals surface area contributed by atoms with Crippen molar-refractivity contribution in [2.45, 2.75) is 233 Å². The number of rotatable bonds is 33. The Morgan fingerprint density at radius 2 is 0.432 bits per heavy atom. The summed E-state index contributed by atoms with van der Waals surface area (Å²) in [4.78, 5) is 0. The first kappa shape index (κ1) is 37.0. The van der Waals surface area contributed by atoms with Gasteiger partial charge in [-0.2, -0.15) is 0 Å². The summed E-state index contributed by atoms with van der Waals surface area (Å²) in [6.07, 6.45) is 48.8. The minimum Gasteiger partial charge on any atom is -0.0654 e. The molecule has 0 aliphatic heterocycles. The first-order valence-corrected chi connectivity index (χ1v) is 18.3. The topological polar surface area (TPSA) is 0 Å². The number of hydrogen-bond acceptors (Lipinski definition) is 0. The third-order valence-electron chi connectivity index (χ3n) is 9.01. The molecular formula is C37H76. The average Bonchev–Trinajstić information content (AvgIpc) is 2.91. The Labute approximate surface area is 238 Å². The van der Waals surface area contributed by atoms with Gasteiger partial charge in [0.15, 0.2) is 0 Å². The van der Waals surface area contributed by atoms with Gasteiger partial charge in [-0.3, -0.25) is 0 Å². The second-order valence-corrected chi connectivity index (χ2v) is 12.8. The molecule has 0 aliphatic rings. The van der Waals surface area contributed by atoms with E-state index in [2.05, 4.69) is 20.8 Å². The van der Waals surface area contributed by atoms with E-state index in [9.17, 15) is 0 Å². The molecule has 0 rings (SSSR count). The van der Waals surface area contributed by atoms with E-state index in [1.807, 2.05) is 0 Å². The fourth-order valence-corrected chi connectivity index (χ4v) is 6.16. The standard InChI is InChI=1S/C37H76/c1-4-7-9-10-11-12-13-14-15-16-17-18-19-20-21-22-23-24-25-26-27-28-29-30-31-32-34-36-37(6-3)35-33-8-5-2/h37H,4-36H2,1-3H3. The van der Waals surface area contributed by atoms with Crippen molar-refractivity contribution in [1.29, 1.82) is 0 Å². The fourth-order valence-electron chi connectivity index (χ4n) is 6.16. The van der Waals surface area contributed by atoms with Crippen LogP contribution in [-0.2, 0) is 0 Å². The summed E-state index contributed by atoms with van der Waals surface area (Å²) in [7, 11) is 0. The molecule has 0 aromatic carbocycles. The van der Waals surface area contributed by atoms with Crippen LogP contribution in [0.1, 0.15) is 233 Å². The predicted molar refractivity (Wildman–Crippen MR) is 173 cm³/mol. The summed E-state index contributed by atoms with van der Waals surface area (Å²) in [5.41, 5.74) is 0. The van der Waals surface area contributed by atoms with Crippen LogP contribution < -0.4 is 0 Å². The number of hydrogen-bond donors (Lipinski definition) is 0. The smallest absolute Gasteiger partial charge is 0.0417 e. The van der Waals surface area contributed by atoms with Crippen LogP contribution in [0.25, 0.3) is 0 Å². The quantitative estimate of drug-likeness (QED) is 0.0754. The SMILES string of the molecule is CCCCCCCCCCCCCCCCCCCCCCCCCCCCCC(CC)CCCCC. The molecular weight excluding hydrogens is 444 g/mol. The van der Waals surface area contributed by atoms with Crippen LogP contribution in [0.3, 0.4) is 0 Å². The van der Waals surface area contributed by atoms with Crippen molar-refractivity contribution >= 4 is 0 Å². The zero-order valence-electron chi connectivity index (χ0n) is 26.9. The van der Waals surface area contributed by atoms with E-state index in [0.717, 1.165) is 5.92 Å². The zero-order valence-corrected chi connectivity index (χ0v) is 26.9. The predicted octanol–water partition coefficient (Wildman–Crippen LogP) is 14.5. The summed E-state index contributed by atoms with van der Waals surface area (Å²) in [5.74, 6) is 1.02. The first-order chi connectivity index (χ1) is 18.3. The molecule has 0 fully saturated rings. The molecule has 0 spiro atoms. The van der Waals surface area contributed by atoms with Gasteiger partial charge in [-0.05, 0) is 5.92 Å². The maximum absolute atomic E-state index is 2.40. The summed E-state index contributed by atoms with van der Waals surface area (Å²) in [6, 6.07) is 0. The molecule has 0 aromatic heterocycles. The Morgan fingerprint density at radius 3 is 0.676 bits per heavy atom. The van der Waals surface area contributed by atoms with Crippen LogP contribution in [0, 0.1) is 5.92 Å². The molecule has 224 valence electrons. The third-order valence-corrected chi connectivity index (χ3v) is 9.01. The highest BCUT2D eigenvalue weighted by Gasteiger charge is 2.05. The number of unbranched alkanes of at least 4 members (excludes halogenated alkanes) is 28. The van der Waals surface area contributed by atoms with E-state index in [1.165, 1.54) is 212 Å². The maximum Gasteiger partial charge on any atom is -0.0417 e. The molecule has 0 heteroatoms. The summed E-state index contributed by atoms with van der Waals surface area (Å²) >= 11 is 0. The van der Waals surface area contributed by atoms with Crippen molar-refractivity contribution < 1.29 is 0 Å². The van der Waals surface area contributed by atoms with Gasteiger partial charge >= 0.3 is 0 Å². The van der Waals surface area contributed by atoms with Gasteiger partial charge in [0.2, 0.25) is 0 Å². The van der Waals surface area contributed by atoms with Crippen molar-refractivity contribution in [1.82, 2.24) is 0 Å². The van der Waals surface area contributed by atoms with Gasteiger partial charge in [0.05, 0.1) is 0 Å². The summed E-state index contributed by atoms with van der Waals surface area (Å²) in [6.45, 7) is 7.03. The van der Waals surface area contributed by atoms with Crippen molar-refractivity contribution in [3.63, 3.8) is 0 Å². The Bertz CT molecular complexity index is 372. The molecule has 0 amide bonds. The van der Waals surface area contributed by atoms with Crippen LogP contribution in [0.2, 0.25) is 0 Å². The fraction of sp³-hybridized carbons (Fsp3) is 1.00. The van der Waals surface area contributed by atoms with E-state index < -0.39 is 0 Å². The monoisotopic (exact) mass is 521 g/mol. The van der Waals surface area contributed by atoms with E-state index >= 15 is 0 Å². The van der Waals surface area contributed by atoms with Crippen LogP contribution in [-0.4, -0.2) is 0 Å². The molecule has 37 heavy (non-hydrogen) atoms. The van der Waals surface area contributed by atoms with E-state index in [0.29, 0.717) is 0 Å². The highest BCUT2D eigenvalue weighted by molar-refractivity contribution is 4.59. The van der Waals surface area contributed by atoms with Crippen molar-refractivity contribution in [2.75, 3.05) is 0 Å². The molecule has 0 saturated heterocycles. The molecule has 0 heterocycles. The van der Waals surface area contributed by atoms with E-state index in [4.69, 9.17) is 0 Å². The van der Waals surface area contributed by atoms with Gasteiger partial charge in [0, 0.05) is 0 Å². The van der Waals surface area contributed by atoms with Gasteiger partial charge in [-0.15, -0.1) is 0 Å². The first-order valence-electron chi connectivity index (χ1n) is 18.3. The van der Waals surface area contributed by atoms with Crippen LogP contribution in [0.15, 0.2) is 0 Å². The van der Waals surface area contributed by atoms with Crippen LogP contribution in [0.5, 0.6) is 0 Å². The molecule has 0 radical (unpaired) electrons. The average molecular weight is 521 g/mol. The molecule has 0 bridgehead atoms. The van der Waals surface area contributed by atoms with E-state index in [1.54, 1.807) is 0 Å². The Hall–Kier alpha value is 0. The maximum atomic E-state index is 2.40. The lowest BCUT2D eigenvalue weighted by atomic mass is 9.92. The van der Waals surface area contributed by atoms with Crippen molar-refractivity contribution in [3.8, 4) is 0 Å². The molecule has 0 aliphatic carbocycles. The van der Waals surface area contributed by atoms with Crippen molar-refractivity contribution in [2.24, 2.45) is 5.92 Å². The molecule has 1 atom stereocenters. The summed E-state index contributed by atoms with van der Waals surface area (Å²) < 4.78 is 0. The minimum absolute atomic E-state index is 1.02. The van der Waals surface area contributed by atoms with Crippen LogP contribution >= 0.6 is 0 Å². The second-order valence-electron chi connectivity index (χ2n) is 12.8. The van der Waals surface area contributed by atoms with Gasteiger partial charge in [0.25, 0.3) is 0 Å². The van der Waals surface area contributed by atoms with Gasteiger partial charge in [-0.25, -0.2) is 0 Å². The Kier molecular flexibility index (Phi) is 34.0. The Balaban J connectivity index is 3.10. The second kappa shape index (κ2) is 34.0. The van der Waals surface area contributed by atoms with E-state index in [-0.39, 0.29) is 0 Å². The minimum atomic E-state index is 1.02. The lowest BCUT2D eigenvalue weighted by molar-refractivity contribution is 0.395. The largest absolute Gasteiger partial charge is 0.0654 e. The van der Waals surface area contributed by atoms with Gasteiger partial charge in [0.1, 0.15) is 0 Å². The Morgan fingerprint density at radius 1 is 0.243 bits per heavy atom. The van der Waals surface area contributed by atoms with Gasteiger partial charge < -0.3 is 0 Å². The summed E-state index contributed by atoms with van der Waals surface area (Å²) in [5, 5.41) is 0. The van der Waals surface area contributed by atoms with Crippen molar-refractivity contribution in [3.05, 3.63) is 0 Å². The highest BCUT2D eigenvalue weighted by atomic mass is 14.1.